The third-order valence-electron chi connectivity index (χ3n) is 2.77. The Bertz CT molecular complexity index is 486. The van der Waals surface area contributed by atoms with Gasteiger partial charge < -0.3 is 10.1 Å². The standard InChI is InChI=1S/C15H18F3NO2/c1-3-8-19-13(14(20)21-4-2)10-11-6-5-7-12(9-11)15(16,17)18/h3,5-7,9,13,19H,1,4,8,10H2,2H3. The lowest BCUT2D eigenvalue weighted by Crippen LogP contribution is -2.40. The molecule has 1 aromatic carbocycles. The lowest BCUT2D eigenvalue weighted by Gasteiger charge is -2.17. The molecule has 6 heteroatoms. The van der Waals surface area contributed by atoms with Crippen LogP contribution in [0, 0.1) is 0 Å². The third-order valence-corrected chi connectivity index (χ3v) is 2.77. The van der Waals surface area contributed by atoms with Crippen molar-refractivity contribution in [3.63, 3.8) is 0 Å². The van der Waals surface area contributed by atoms with Gasteiger partial charge in [0.2, 0.25) is 0 Å². The normalized spacial score (nSPS) is 12.8. The minimum atomic E-state index is -4.40. The van der Waals surface area contributed by atoms with Crippen LogP contribution in [0.15, 0.2) is 36.9 Å². The zero-order valence-electron chi connectivity index (χ0n) is 11.7. The van der Waals surface area contributed by atoms with E-state index in [0.717, 1.165) is 12.1 Å². The summed E-state index contributed by atoms with van der Waals surface area (Å²) in [4.78, 5) is 11.8. The van der Waals surface area contributed by atoms with Crippen LogP contribution in [0.4, 0.5) is 13.2 Å². The van der Waals surface area contributed by atoms with E-state index >= 15 is 0 Å². The maximum atomic E-state index is 12.7. The summed E-state index contributed by atoms with van der Waals surface area (Å²) < 4.78 is 42.9. The first-order valence-electron chi connectivity index (χ1n) is 6.55. The number of rotatable bonds is 7. The fourth-order valence-electron chi connectivity index (χ4n) is 1.82. The van der Waals surface area contributed by atoms with E-state index in [-0.39, 0.29) is 13.0 Å². The van der Waals surface area contributed by atoms with Gasteiger partial charge in [0.05, 0.1) is 12.2 Å². The molecule has 0 saturated carbocycles. The number of nitrogens with one attached hydrogen (secondary N) is 1. The van der Waals surface area contributed by atoms with Crippen LogP contribution in [0.25, 0.3) is 0 Å². The smallest absolute Gasteiger partial charge is 0.416 e. The Labute approximate surface area is 121 Å². The van der Waals surface area contributed by atoms with Crippen LogP contribution in [0.1, 0.15) is 18.1 Å². The molecule has 0 saturated heterocycles. The number of halogens is 3. The van der Waals surface area contributed by atoms with Crippen molar-refractivity contribution in [2.24, 2.45) is 0 Å². The summed E-state index contributed by atoms with van der Waals surface area (Å²) in [5, 5.41) is 2.89. The highest BCUT2D eigenvalue weighted by atomic mass is 19.4. The number of carbonyl (C=O) groups excluding carboxylic acids is 1. The molecule has 3 nitrogen and oxygen atoms in total. The first kappa shape index (κ1) is 17.2. The van der Waals surface area contributed by atoms with Crippen LogP contribution in [-0.4, -0.2) is 25.2 Å². The molecule has 1 N–H and O–H groups in total. The van der Waals surface area contributed by atoms with Gasteiger partial charge in [-0.25, -0.2) is 0 Å². The monoisotopic (exact) mass is 301 g/mol. The molecule has 0 aliphatic rings. The van der Waals surface area contributed by atoms with Gasteiger partial charge in [0.15, 0.2) is 0 Å². The molecular weight excluding hydrogens is 283 g/mol. The molecule has 0 radical (unpaired) electrons. The highest BCUT2D eigenvalue weighted by Gasteiger charge is 2.30. The van der Waals surface area contributed by atoms with Gasteiger partial charge in [-0.2, -0.15) is 13.2 Å². The highest BCUT2D eigenvalue weighted by Crippen LogP contribution is 2.29. The van der Waals surface area contributed by atoms with Crippen molar-refractivity contribution in [1.82, 2.24) is 5.32 Å². The largest absolute Gasteiger partial charge is 0.465 e. The Morgan fingerprint density at radius 1 is 1.48 bits per heavy atom. The second-order valence-electron chi connectivity index (χ2n) is 4.40. The quantitative estimate of drug-likeness (QED) is 0.621. The first-order chi connectivity index (χ1) is 9.88. The van der Waals surface area contributed by atoms with Crippen LogP contribution in [0.3, 0.4) is 0 Å². The molecule has 1 atom stereocenters. The number of hydrogen-bond donors (Lipinski definition) is 1. The van der Waals surface area contributed by atoms with Gasteiger partial charge in [-0.1, -0.05) is 24.3 Å². The molecule has 1 unspecified atom stereocenters. The second kappa shape index (κ2) is 7.83. The Balaban J connectivity index is 2.87. The molecule has 0 bridgehead atoms. The second-order valence-corrected chi connectivity index (χ2v) is 4.40. The summed E-state index contributed by atoms with van der Waals surface area (Å²) in [6.45, 7) is 5.78. The number of esters is 1. The summed E-state index contributed by atoms with van der Waals surface area (Å²) in [7, 11) is 0. The summed E-state index contributed by atoms with van der Waals surface area (Å²) in [6.07, 6.45) is -2.71. The molecule has 0 amide bonds. The van der Waals surface area contributed by atoms with E-state index in [1.807, 2.05) is 0 Å². The predicted molar refractivity (Wildman–Crippen MR) is 73.8 cm³/mol. The number of alkyl halides is 3. The summed E-state index contributed by atoms with van der Waals surface area (Å²) in [6, 6.07) is 4.22. The van der Waals surface area contributed by atoms with Gasteiger partial charge in [-0.05, 0) is 25.0 Å². The maximum absolute atomic E-state index is 12.7. The van der Waals surface area contributed by atoms with E-state index in [0.29, 0.717) is 12.1 Å². The predicted octanol–water partition coefficient (Wildman–Crippen LogP) is 2.96. The third kappa shape index (κ3) is 5.59. The minimum Gasteiger partial charge on any atom is -0.465 e. The summed E-state index contributed by atoms with van der Waals surface area (Å²) >= 11 is 0. The van der Waals surface area contributed by atoms with Crippen LogP contribution < -0.4 is 5.32 Å². The van der Waals surface area contributed by atoms with Gasteiger partial charge in [-0.3, -0.25) is 4.79 Å². The maximum Gasteiger partial charge on any atom is 0.416 e. The number of carbonyl (C=O) groups is 1. The van der Waals surface area contributed by atoms with Gasteiger partial charge >= 0.3 is 12.1 Å². The van der Waals surface area contributed by atoms with Crippen molar-refractivity contribution in [2.45, 2.75) is 25.6 Å². The van der Waals surface area contributed by atoms with Crippen molar-refractivity contribution in [3.05, 3.63) is 48.0 Å². The van der Waals surface area contributed by atoms with E-state index in [2.05, 4.69) is 11.9 Å². The molecule has 0 heterocycles. The lowest BCUT2D eigenvalue weighted by atomic mass is 10.0. The van der Waals surface area contributed by atoms with E-state index in [9.17, 15) is 18.0 Å². The summed E-state index contributed by atoms with van der Waals surface area (Å²) in [5.41, 5.74) is -0.314. The summed E-state index contributed by atoms with van der Waals surface area (Å²) in [5.74, 6) is -0.489. The topological polar surface area (TPSA) is 38.3 Å². The lowest BCUT2D eigenvalue weighted by molar-refractivity contribution is -0.145. The molecular formula is C15H18F3NO2. The Morgan fingerprint density at radius 2 is 2.19 bits per heavy atom. The Hall–Kier alpha value is -1.82. The Morgan fingerprint density at radius 3 is 2.76 bits per heavy atom. The molecule has 0 fully saturated rings. The zero-order chi connectivity index (χ0) is 15.9. The molecule has 0 aliphatic heterocycles. The van der Waals surface area contributed by atoms with Gasteiger partial charge in [0, 0.05) is 6.54 Å². The number of hydrogen-bond acceptors (Lipinski definition) is 3. The number of benzene rings is 1. The first-order valence-corrected chi connectivity index (χ1v) is 6.55. The van der Waals surface area contributed by atoms with Crippen molar-refractivity contribution in [1.29, 1.82) is 0 Å². The average molecular weight is 301 g/mol. The van der Waals surface area contributed by atoms with Gasteiger partial charge in [0.25, 0.3) is 0 Å². The van der Waals surface area contributed by atoms with Crippen LogP contribution in [0.5, 0.6) is 0 Å². The molecule has 1 rings (SSSR count). The fourth-order valence-corrected chi connectivity index (χ4v) is 1.82. The zero-order valence-corrected chi connectivity index (χ0v) is 11.7. The minimum absolute atomic E-state index is 0.122. The number of ether oxygens (including phenoxy) is 1. The molecule has 21 heavy (non-hydrogen) atoms. The highest BCUT2D eigenvalue weighted by molar-refractivity contribution is 5.76. The Kier molecular flexibility index (Phi) is 6.42. The van der Waals surface area contributed by atoms with E-state index in [1.54, 1.807) is 19.1 Å². The van der Waals surface area contributed by atoms with Crippen LogP contribution in [0.2, 0.25) is 0 Å². The van der Waals surface area contributed by atoms with Crippen LogP contribution in [-0.2, 0) is 22.1 Å². The van der Waals surface area contributed by atoms with Gasteiger partial charge in [0.1, 0.15) is 6.04 Å². The SMILES string of the molecule is C=CCNC(Cc1cccc(C(F)(F)F)c1)C(=O)OCC. The molecule has 0 aromatic heterocycles. The van der Waals surface area contributed by atoms with E-state index < -0.39 is 23.8 Å². The van der Waals surface area contributed by atoms with E-state index in [4.69, 9.17) is 4.74 Å². The van der Waals surface area contributed by atoms with Crippen molar-refractivity contribution < 1.29 is 22.7 Å². The van der Waals surface area contributed by atoms with Crippen molar-refractivity contribution in [2.75, 3.05) is 13.2 Å². The van der Waals surface area contributed by atoms with Crippen molar-refractivity contribution >= 4 is 5.97 Å². The van der Waals surface area contributed by atoms with E-state index in [1.165, 1.54) is 6.07 Å². The molecule has 116 valence electrons. The molecule has 1 aromatic rings. The molecule has 0 spiro atoms. The van der Waals surface area contributed by atoms with Crippen molar-refractivity contribution in [3.8, 4) is 0 Å². The average Bonchev–Trinajstić information content (AvgIpc) is 2.43. The van der Waals surface area contributed by atoms with Gasteiger partial charge in [-0.15, -0.1) is 6.58 Å². The van der Waals surface area contributed by atoms with Crippen LogP contribution >= 0.6 is 0 Å². The fraction of sp³-hybridized carbons (Fsp3) is 0.400. The molecule has 0 aliphatic carbocycles.